The summed E-state index contributed by atoms with van der Waals surface area (Å²) >= 11 is 0. The van der Waals surface area contributed by atoms with Gasteiger partial charge in [-0.15, -0.1) is 0 Å². The summed E-state index contributed by atoms with van der Waals surface area (Å²) in [4.78, 5) is 3.51. The SMILES string of the molecule is F.F.[B][N+]1=CC=CC1=C(CCN)c1[nH]c(/C=C/c2ccc(OCC)c(OC)c2)cc1C. The van der Waals surface area contributed by atoms with Crippen molar-refractivity contribution in [2.45, 2.75) is 20.3 Å². The molecule has 2 heterocycles. The highest BCUT2D eigenvalue weighted by molar-refractivity contribution is 6.01. The van der Waals surface area contributed by atoms with Crippen molar-refractivity contribution < 1.29 is 23.4 Å². The number of allylic oxidation sites excluding steroid dienone is 2. The van der Waals surface area contributed by atoms with E-state index in [1.807, 2.05) is 55.6 Å². The van der Waals surface area contributed by atoms with E-state index in [0.29, 0.717) is 13.2 Å². The lowest BCUT2D eigenvalue weighted by atomic mass is 10.0. The molecule has 1 aliphatic heterocycles. The van der Waals surface area contributed by atoms with E-state index in [1.165, 1.54) is 0 Å². The van der Waals surface area contributed by atoms with Gasteiger partial charge in [0.1, 0.15) is 6.21 Å². The first kappa shape index (κ1) is 25.9. The van der Waals surface area contributed by atoms with Crippen molar-refractivity contribution in [3.8, 4) is 11.5 Å². The molecule has 2 radical (unpaired) electrons. The minimum absolute atomic E-state index is 0. The number of aromatic amines is 1. The Morgan fingerprint density at radius 1 is 1.19 bits per heavy atom. The molecule has 3 N–H and O–H groups in total. The number of methoxy groups -OCH3 is 1. The van der Waals surface area contributed by atoms with Gasteiger partial charge in [-0.05, 0) is 62.2 Å². The second kappa shape index (κ2) is 11.9. The number of hydrogen-bond acceptors (Lipinski definition) is 3. The van der Waals surface area contributed by atoms with Crippen molar-refractivity contribution in [1.29, 1.82) is 0 Å². The fourth-order valence-electron chi connectivity index (χ4n) is 3.41. The number of rotatable bonds is 8. The summed E-state index contributed by atoms with van der Waals surface area (Å²) in [6.45, 7) is 5.19. The van der Waals surface area contributed by atoms with Crippen LogP contribution in [0.5, 0.6) is 11.5 Å². The monoisotopic (exact) mass is 428 g/mol. The van der Waals surface area contributed by atoms with Crippen LogP contribution in [0.15, 0.2) is 42.1 Å². The maximum absolute atomic E-state index is 6.07. The molecule has 8 heteroatoms. The number of benzene rings is 1. The molecule has 164 valence electrons. The number of H-pyrrole nitrogens is 1. The van der Waals surface area contributed by atoms with E-state index >= 15 is 0 Å². The lowest BCUT2D eigenvalue weighted by Gasteiger charge is -2.09. The highest BCUT2D eigenvalue weighted by Gasteiger charge is 2.20. The molecule has 0 fully saturated rings. The Balaban J connectivity index is 0.00000240. The van der Waals surface area contributed by atoms with Gasteiger partial charge in [0.2, 0.25) is 0 Å². The summed E-state index contributed by atoms with van der Waals surface area (Å²) < 4.78 is 12.6. The number of aromatic nitrogens is 1. The molecule has 0 saturated heterocycles. The molecule has 0 aliphatic carbocycles. The Kier molecular flexibility index (Phi) is 9.95. The minimum atomic E-state index is 0. The normalized spacial score (nSPS) is 14.1. The maximum atomic E-state index is 6.07. The lowest BCUT2D eigenvalue weighted by molar-refractivity contribution is -0.294. The Bertz CT molecular complexity index is 1010. The summed E-state index contributed by atoms with van der Waals surface area (Å²) in [5.74, 6) is 1.47. The van der Waals surface area contributed by atoms with E-state index < -0.39 is 0 Å². The molecule has 0 amide bonds. The summed E-state index contributed by atoms with van der Waals surface area (Å²) in [5.41, 5.74) is 12.2. The summed E-state index contributed by atoms with van der Waals surface area (Å²) in [7, 11) is 7.71. The number of nitrogens with one attached hydrogen (secondary N) is 1. The van der Waals surface area contributed by atoms with Crippen molar-refractivity contribution in [2.24, 2.45) is 5.73 Å². The first-order chi connectivity index (χ1) is 14.1. The number of nitrogens with zero attached hydrogens (tertiary/aromatic N) is 1. The van der Waals surface area contributed by atoms with Crippen LogP contribution in [0.2, 0.25) is 0 Å². The van der Waals surface area contributed by atoms with Gasteiger partial charge < -0.3 is 20.2 Å². The second-order valence-electron chi connectivity index (χ2n) is 6.78. The average molecular weight is 428 g/mol. The van der Waals surface area contributed by atoms with Gasteiger partial charge in [-0.25, -0.2) is 0 Å². The Labute approximate surface area is 183 Å². The van der Waals surface area contributed by atoms with Crippen LogP contribution >= 0.6 is 0 Å². The summed E-state index contributed by atoms with van der Waals surface area (Å²) in [6, 6.07) is 8.02. The molecular weight excluding hydrogens is 399 g/mol. The predicted octanol–water partition coefficient (Wildman–Crippen LogP) is 4.00. The van der Waals surface area contributed by atoms with Gasteiger partial charge in [-0.3, -0.25) is 13.9 Å². The second-order valence-corrected chi connectivity index (χ2v) is 6.78. The van der Waals surface area contributed by atoms with Gasteiger partial charge in [0.05, 0.1) is 19.4 Å². The van der Waals surface area contributed by atoms with Gasteiger partial charge >= 0.3 is 7.98 Å². The average Bonchev–Trinajstić information content (AvgIpc) is 3.31. The lowest BCUT2D eigenvalue weighted by Crippen LogP contribution is -2.09. The number of nitrogens with two attached hydrogens (primary N) is 1. The molecule has 0 atom stereocenters. The van der Waals surface area contributed by atoms with Crippen molar-refractivity contribution in [3.05, 3.63) is 64.6 Å². The molecular formula is C23H29BF2N3O2+. The third kappa shape index (κ3) is 5.95. The van der Waals surface area contributed by atoms with Crippen LogP contribution in [-0.2, 0) is 0 Å². The van der Waals surface area contributed by atoms with Gasteiger partial charge in [0.15, 0.2) is 17.2 Å². The highest BCUT2D eigenvalue weighted by atomic mass is 19.0. The van der Waals surface area contributed by atoms with Crippen LogP contribution in [0.3, 0.4) is 0 Å². The molecule has 3 rings (SSSR count). The zero-order chi connectivity index (χ0) is 20.8. The molecule has 0 unspecified atom stereocenters. The zero-order valence-electron chi connectivity index (χ0n) is 18.1. The number of aryl methyl sites for hydroxylation is 1. The molecule has 0 saturated carbocycles. The zero-order valence-corrected chi connectivity index (χ0v) is 18.1. The standard InChI is InChI=1S/C23H27BN3O2.2FH/c1-4-29-21-10-8-17(15-22(21)28-3)7-9-18-14-16(2)23(26-18)19(11-12-25)20-6-5-13-27(20)24;;/h5-10,13-15,26H,4,11-12,25H2,1-3H3;2*1H/q+1;;/b9-7+;;. The van der Waals surface area contributed by atoms with Gasteiger partial charge in [0, 0.05) is 23.4 Å². The van der Waals surface area contributed by atoms with Crippen LogP contribution in [0, 0.1) is 6.92 Å². The molecule has 2 aromatic rings. The summed E-state index contributed by atoms with van der Waals surface area (Å²) in [5, 5.41) is 0. The van der Waals surface area contributed by atoms with Crippen molar-refractivity contribution >= 4 is 31.9 Å². The number of ether oxygens (including phenoxy) is 2. The van der Waals surface area contributed by atoms with Gasteiger partial charge in [-0.1, -0.05) is 12.1 Å². The third-order valence-corrected chi connectivity index (χ3v) is 4.76. The maximum Gasteiger partial charge on any atom is 0.586 e. The fraction of sp³-hybridized carbons (Fsp3) is 0.261. The van der Waals surface area contributed by atoms with Crippen LogP contribution in [0.25, 0.3) is 17.7 Å². The Morgan fingerprint density at radius 3 is 2.58 bits per heavy atom. The molecule has 31 heavy (non-hydrogen) atoms. The largest absolute Gasteiger partial charge is 0.586 e. The molecule has 1 aromatic carbocycles. The molecule has 1 aromatic heterocycles. The molecule has 5 nitrogen and oxygen atoms in total. The third-order valence-electron chi connectivity index (χ3n) is 4.76. The molecule has 0 bridgehead atoms. The van der Waals surface area contributed by atoms with Crippen LogP contribution in [-0.4, -0.2) is 43.9 Å². The summed E-state index contributed by atoms with van der Waals surface area (Å²) in [6.07, 6.45) is 10.6. The van der Waals surface area contributed by atoms with Crippen molar-refractivity contribution in [1.82, 2.24) is 4.98 Å². The van der Waals surface area contributed by atoms with Crippen LogP contribution < -0.4 is 15.2 Å². The minimum Gasteiger partial charge on any atom is -0.493 e. The van der Waals surface area contributed by atoms with Crippen molar-refractivity contribution in [3.63, 3.8) is 0 Å². The van der Waals surface area contributed by atoms with Crippen LogP contribution in [0.1, 0.15) is 35.9 Å². The Hall–Kier alpha value is -3.13. The Morgan fingerprint density at radius 2 is 1.97 bits per heavy atom. The first-order valence-corrected chi connectivity index (χ1v) is 9.75. The van der Waals surface area contributed by atoms with Crippen LogP contribution in [0.4, 0.5) is 9.41 Å². The first-order valence-electron chi connectivity index (χ1n) is 9.75. The highest BCUT2D eigenvalue weighted by Crippen LogP contribution is 2.30. The number of halogens is 2. The predicted molar refractivity (Wildman–Crippen MR) is 125 cm³/mol. The van der Waals surface area contributed by atoms with Crippen molar-refractivity contribution in [2.75, 3.05) is 20.3 Å². The smallest absolute Gasteiger partial charge is 0.493 e. The number of hydrogen-bond donors (Lipinski definition) is 2. The quantitative estimate of drug-likeness (QED) is 0.625. The topological polar surface area (TPSA) is 63.3 Å². The van der Waals surface area contributed by atoms with E-state index in [1.54, 1.807) is 11.6 Å². The fourth-order valence-corrected chi connectivity index (χ4v) is 3.41. The van der Waals surface area contributed by atoms with E-state index in [-0.39, 0.29) is 9.41 Å². The van der Waals surface area contributed by atoms with E-state index in [0.717, 1.165) is 51.7 Å². The van der Waals surface area contributed by atoms with Gasteiger partial charge in [0.25, 0.3) is 0 Å². The molecule has 1 aliphatic rings. The van der Waals surface area contributed by atoms with Gasteiger partial charge in [-0.2, -0.15) is 0 Å². The molecule has 0 spiro atoms. The van der Waals surface area contributed by atoms with E-state index in [4.69, 9.17) is 23.2 Å². The van der Waals surface area contributed by atoms with E-state index in [9.17, 15) is 0 Å². The van der Waals surface area contributed by atoms with E-state index in [2.05, 4.69) is 18.0 Å².